The van der Waals surface area contributed by atoms with E-state index in [0.717, 1.165) is 51.4 Å². The molecule has 472 valence electrons. The zero-order valence-electron chi connectivity index (χ0n) is 54.1. The van der Waals surface area contributed by atoms with Crippen LogP contribution in [0.25, 0.3) is 0 Å². The van der Waals surface area contributed by atoms with E-state index in [0.29, 0.717) is 25.9 Å². The van der Waals surface area contributed by atoms with Crippen molar-refractivity contribution >= 4 is 11.9 Å². The zero-order valence-corrected chi connectivity index (χ0v) is 54.1. The summed E-state index contributed by atoms with van der Waals surface area (Å²) in [4.78, 5) is 24.5. The van der Waals surface area contributed by atoms with Gasteiger partial charge in [0, 0.05) is 12.8 Å². The number of hydrogen-bond acceptors (Lipinski definition) is 5. The first-order chi connectivity index (χ1) is 39.5. The van der Waals surface area contributed by atoms with Crippen molar-refractivity contribution in [2.24, 2.45) is 0 Å². The first-order valence-corrected chi connectivity index (χ1v) is 36.2. The molecule has 0 bridgehead atoms. The molecule has 0 heterocycles. The van der Waals surface area contributed by atoms with Crippen LogP contribution in [0.15, 0.2) is 36.5 Å². The van der Waals surface area contributed by atoms with Gasteiger partial charge in [-0.3, -0.25) is 9.59 Å². The van der Waals surface area contributed by atoms with E-state index in [4.69, 9.17) is 4.74 Å². The van der Waals surface area contributed by atoms with Crippen LogP contribution in [0.3, 0.4) is 0 Å². The second-order valence-corrected chi connectivity index (χ2v) is 24.9. The number of unbranched alkanes of at least 4 members (excludes halogenated alkanes) is 51. The Hall–Kier alpha value is -1.92. The Balaban J connectivity index is 3.30. The number of ether oxygens (including phenoxy) is 1. The summed E-state index contributed by atoms with van der Waals surface area (Å²) in [6, 6.07) is -0.536. The average molecular weight is 1120 g/mol. The molecule has 0 aliphatic rings. The quantitative estimate of drug-likeness (QED) is 0.0320. The zero-order chi connectivity index (χ0) is 57.8. The van der Waals surface area contributed by atoms with Crippen LogP contribution in [0.5, 0.6) is 0 Å². The molecule has 6 heteroatoms. The third kappa shape index (κ3) is 65.2. The Labute approximate surface area is 500 Å². The minimum atomic E-state index is -0.659. The molecular weight excluding hydrogens is 983 g/mol. The lowest BCUT2D eigenvalue weighted by Crippen LogP contribution is -2.45. The number of rotatable bonds is 68. The molecule has 0 fully saturated rings. The van der Waals surface area contributed by atoms with Gasteiger partial charge in [0.1, 0.15) is 0 Å². The molecule has 80 heavy (non-hydrogen) atoms. The van der Waals surface area contributed by atoms with E-state index >= 15 is 0 Å². The van der Waals surface area contributed by atoms with Crippen LogP contribution in [0.4, 0.5) is 0 Å². The Morgan fingerprint density at radius 3 is 0.988 bits per heavy atom. The number of carbonyl (C=O) groups excluding carboxylic acids is 2. The van der Waals surface area contributed by atoms with E-state index in [-0.39, 0.29) is 18.5 Å². The molecule has 0 saturated carbocycles. The first kappa shape index (κ1) is 78.1. The SMILES string of the molecule is CCCCC/C=C\C/C=C\CCCCCCCCCCCC(=O)OCCCCCCCCCCCCCCCC/C=C\CCCCCCCCCCCCCCCCCCCC(=O)NC(CO)C(O)CCCCCCCCCCC. The standard InChI is InChI=1S/C74H141NO5/c1-3-5-7-9-11-13-14-15-16-17-35-39-42-45-48-52-56-60-64-68-74(79)80-69-65-61-57-53-49-46-43-40-37-34-32-30-28-26-24-22-20-18-19-21-23-25-27-29-31-33-36-38-41-44-47-51-55-59-63-67-73(78)75-71(70-76)72(77)66-62-58-54-50-12-10-8-6-4-2/h11,13,15-16,20,22,71-72,76-77H,3-10,12,14,17-19,21,23-70H2,1-2H3,(H,75,78)/b13-11-,16-15-,22-20-. The van der Waals surface area contributed by atoms with Crippen LogP contribution in [0.1, 0.15) is 399 Å². The van der Waals surface area contributed by atoms with E-state index < -0.39 is 12.1 Å². The van der Waals surface area contributed by atoms with Gasteiger partial charge in [-0.15, -0.1) is 0 Å². The predicted molar refractivity (Wildman–Crippen MR) is 352 cm³/mol. The molecule has 0 spiro atoms. The molecular formula is C74H141NO5. The van der Waals surface area contributed by atoms with E-state index in [1.807, 2.05) is 0 Å². The average Bonchev–Trinajstić information content (AvgIpc) is 3.46. The first-order valence-electron chi connectivity index (χ1n) is 36.2. The van der Waals surface area contributed by atoms with E-state index in [1.165, 1.54) is 315 Å². The molecule has 0 aliphatic heterocycles. The molecule has 0 saturated heterocycles. The smallest absolute Gasteiger partial charge is 0.305 e. The van der Waals surface area contributed by atoms with E-state index in [1.54, 1.807) is 0 Å². The molecule has 3 N–H and O–H groups in total. The minimum Gasteiger partial charge on any atom is -0.466 e. The molecule has 2 unspecified atom stereocenters. The molecule has 0 aromatic heterocycles. The number of hydrogen-bond donors (Lipinski definition) is 3. The van der Waals surface area contributed by atoms with Gasteiger partial charge in [-0.2, -0.15) is 0 Å². The van der Waals surface area contributed by atoms with Crippen molar-refractivity contribution in [3.63, 3.8) is 0 Å². The Morgan fingerprint density at radius 1 is 0.350 bits per heavy atom. The summed E-state index contributed by atoms with van der Waals surface area (Å²) in [6.45, 7) is 4.93. The Bertz CT molecular complexity index is 1300. The molecule has 0 radical (unpaired) electrons. The van der Waals surface area contributed by atoms with Crippen LogP contribution in [-0.2, 0) is 14.3 Å². The Morgan fingerprint density at radius 2 is 0.625 bits per heavy atom. The van der Waals surface area contributed by atoms with Crippen LogP contribution >= 0.6 is 0 Å². The minimum absolute atomic E-state index is 0.0167. The van der Waals surface area contributed by atoms with Crippen LogP contribution in [0.2, 0.25) is 0 Å². The topological polar surface area (TPSA) is 95.9 Å². The van der Waals surface area contributed by atoms with Gasteiger partial charge in [-0.25, -0.2) is 0 Å². The van der Waals surface area contributed by atoms with Gasteiger partial charge in [-0.05, 0) is 83.5 Å². The molecule has 1 amide bonds. The largest absolute Gasteiger partial charge is 0.466 e. The lowest BCUT2D eigenvalue weighted by Gasteiger charge is -2.22. The molecule has 6 nitrogen and oxygen atoms in total. The van der Waals surface area contributed by atoms with Crippen LogP contribution < -0.4 is 5.32 Å². The fourth-order valence-corrected chi connectivity index (χ4v) is 11.4. The maximum Gasteiger partial charge on any atom is 0.305 e. The monoisotopic (exact) mass is 1120 g/mol. The molecule has 0 aromatic rings. The summed E-state index contributed by atoms with van der Waals surface area (Å²) in [5.74, 6) is -0.0155. The van der Waals surface area contributed by atoms with Crippen LogP contribution in [0, 0.1) is 0 Å². The summed E-state index contributed by atoms with van der Waals surface area (Å²) in [5, 5.41) is 23.1. The number of amides is 1. The predicted octanol–water partition coefficient (Wildman–Crippen LogP) is 23.5. The van der Waals surface area contributed by atoms with Gasteiger partial charge in [0.2, 0.25) is 5.91 Å². The number of allylic oxidation sites excluding steroid dienone is 6. The normalized spacial score (nSPS) is 12.7. The van der Waals surface area contributed by atoms with Crippen molar-refractivity contribution in [2.45, 2.75) is 411 Å². The van der Waals surface area contributed by atoms with Crippen LogP contribution in [-0.4, -0.2) is 47.4 Å². The number of aliphatic hydroxyl groups excluding tert-OH is 2. The summed E-state index contributed by atoms with van der Waals surface area (Å²) >= 11 is 0. The summed E-state index contributed by atoms with van der Waals surface area (Å²) < 4.78 is 5.51. The maximum atomic E-state index is 12.4. The van der Waals surface area contributed by atoms with Crippen molar-refractivity contribution < 1.29 is 24.5 Å². The van der Waals surface area contributed by atoms with Gasteiger partial charge in [0.15, 0.2) is 0 Å². The fraction of sp³-hybridized carbons (Fsp3) is 0.892. The van der Waals surface area contributed by atoms with E-state index in [9.17, 15) is 19.8 Å². The summed E-state index contributed by atoms with van der Waals surface area (Å²) in [6.07, 6.45) is 89.4. The third-order valence-corrected chi connectivity index (χ3v) is 16.9. The second-order valence-electron chi connectivity index (χ2n) is 24.9. The molecule has 2 atom stereocenters. The number of carbonyl (C=O) groups is 2. The highest BCUT2D eigenvalue weighted by molar-refractivity contribution is 5.76. The lowest BCUT2D eigenvalue weighted by molar-refractivity contribution is -0.143. The van der Waals surface area contributed by atoms with E-state index in [2.05, 4.69) is 55.6 Å². The number of aliphatic hydroxyl groups is 2. The van der Waals surface area contributed by atoms with Gasteiger partial charge in [-0.1, -0.05) is 339 Å². The summed E-state index contributed by atoms with van der Waals surface area (Å²) in [7, 11) is 0. The molecule has 0 rings (SSSR count). The lowest BCUT2D eigenvalue weighted by atomic mass is 10.0. The van der Waals surface area contributed by atoms with Crippen molar-refractivity contribution in [2.75, 3.05) is 13.2 Å². The van der Waals surface area contributed by atoms with Crippen molar-refractivity contribution in [3.8, 4) is 0 Å². The second kappa shape index (κ2) is 69.6. The third-order valence-electron chi connectivity index (χ3n) is 16.9. The highest BCUT2D eigenvalue weighted by Crippen LogP contribution is 2.19. The van der Waals surface area contributed by atoms with Gasteiger partial charge in [0.05, 0.1) is 25.4 Å². The van der Waals surface area contributed by atoms with Crippen molar-refractivity contribution in [3.05, 3.63) is 36.5 Å². The molecule has 0 aliphatic carbocycles. The Kier molecular flexibility index (Phi) is 67.9. The van der Waals surface area contributed by atoms with Gasteiger partial charge >= 0.3 is 5.97 Å². The number of esters is 1. The highest BCUT2D eigenvalue weighted by Gasteiger charge is 2.20. The van der Waals surface area contributed by atoms with Crippen molar-refractivity contribution in [1.82, 2.24) is 5.32 Å². The highest BCUT2D eigenvalue weighted by atomic mass is 16.5. The van der Waals surface area contributed by atoms with Gasteiger partial charge in [0.25, 0.3) is 0 Å². The maximum absolute atomic E-state index is 12.4. The number of nitrogens with one attached hydrogen (secondary N) is 1. The van der Waals surface area contributed by atoms with Crippen molar-refractivity contribution in [1.29, 1.82) is 0 Å². The fourth-order valence-electron chi connectivity index (χ4n) is 11.4. The van der Waals surface area contributed by atoms with Gasteiger partial charge < -0.3 is 20.3 Å². The molecule has 0 aromatic carbocycles. The summed E-state index contributed by atoms with van der Waals surface area (Å²) in [5.41, 5.74) is 0.